The summed E-state index contributed by atoms with van der Waals surface area (Å²) in [7, 11) is 0. The van der Waals surface area contributed by atoms with Crippen molar-refractivity contribution < 1.29 is 19.4 Å². The highest BCUT2D eigenvalue weighted by molar-refractivity contribution is 14.1. The Labute approximate surface area is 124 Å². The number of benzene rings is 1. The van der Waals surface area contributed by atoms with Crippen LogP contribution in [0.3, 0.4) is 0 Å². The summed E-state index contributed by atoms with van der Waals surface area (Å²) in [5.41, 5.74) is 0.434. The summed E-state index contributed by atoms with van der Waals surface area (Å²) in [6.07, 6.45) is 0.539. The minimum atomic E-state index is -1.05. The predicted molar refractivity (Wildman–Crippen MR) is 78.3 cm³/mol. The molecule has 0 aliphatic carbocycles. The first-order chi connectivity index (χ1) is 8.99. The summed E-state index contributed by atoms with van der Waals surface area (Å²) in [6.45, 7) is 2.42. The van der Waals surface area contributed by atoms with E-state index in [4.69, 9.17) is 9.84 Å². The maximum atomic E-state index is 12.1. The molecule has 2 atom stereocenters. The molecule has 1 aliphatic rings. The number of rotatable bonds is 3. The molecule has 2 rings (SSSR count). The van der Waals surface area contributed by atoms with E-state index in [9.17, 15) is 9.59 Å². The molecule has 6 heteroatoms. The van der Waals surface area contributed by atoms with Crippen molar-refractivity contribution in [2.75, 3.05) is 11.9 Å². The SMILES string of the molecule is CC1OCCC1C(=O)Nc1ccc(I)cc1C(=O)O. The lowest BCUT2D eigenvalue weighted by Gasteiger charge is -2.15. The minimum absolute atomic E-state index is 0.104. The van der Waals surface area contributed by atoms with Crippen molar-refractivity contribution in [3.05, 3.63) is 27.3 Å². The molecular formula is C13H14INO4. The van der Waals surface area contributed by atoms with Gasteiger partial charge in [-0.15, -0.1) is 0 Å². The van der Waals surface area contributed by atoms with Gasteiger partial charge >= 0.3 is 5.97 Å². The molecule has 0 spiro atoms. The van der Waals surface area contributed by atoms with Gasteiger partial charge in [0.25, 0.3) is 0 Å². The normalized spacial score (nSPS) is 22.2. The number of carboxylic acids is 1. The van der Waals surface area contributed by atoms with Gasteiger partial charge in [0.2, 0.25) is 5.91 Å². The van der Waals surface area contributed by atoms with Gasteiger partial charge in [-0.2, -0.15) is 0 Å². The molecule has 102 valence electrons. The summed E-state index contributed by atoms with van der Waals surface area (Å²) >= 11 is 2.03. The third-order valence-electron chi connectivity index (χ3n) is 3.18. The molecule has 2 N–H and O–H groups in total. The number of ether oxygens (including phenoxy) is 1. The Bertz CT molecular complexity index is 517. The van der Waals surface area contributed by atoms with E-state index >= 15 is 0 Å². The zero-order valence-electron chi connectivity index (χ0n) is 10.4. The molecule has 1 aliphatic heterocycles. The summed E-state index contributed by atoms with van der Waals surface area (Å²) in [4.78, 5) is 23.3. The summed E-state index contributed by atoms with van der Waals surface area (Å²) < 4.78 is 6.15. The number of hydrogen-bond acceptors (Lipinski definition) is 3. The number of amides is 1. The lowest BCUT2D eigenvalue weighted by Crippen LogP contribution is -2.28. The van der Waals surface area contributed by atoms with Crippen molar-refractivity contribution in [2.45, 2.75) is 19.4 Å². The molecule has 0 radical (unpaired) electrons. The van der Waals surface area contributed by atoms with Gasteiger partial charge in [-0.05, 0) is 54.1 Å². The standard InChI is InChI=1S/C13H14INO4/c1-7-9(4-5-19-7)12(16)15-11-3-2-8(14)6-10(11)13(17)18/h2-3,6-7,9H,4-5H2,1H3,(H,15,16)(H,17,18). The number of carbonyl (C=O) groups excluding carboxylic acids is 1. The average Bonchev–Trinajstić information content (AvgIpc) is 2.77. The first-order valence-corrected chi connectivity index (χ1v) is 7.02. The maximum absolute atomic E-state index is 12.1. The third kappa shape index (κ3) is 3.24. The summed E-state index contributed by atoms with van der Waals surface area (Å²) in [6, 6.07) is 4.91. The number of nitrogens with one attached hydrogen (secondary N) is 1. The van der Waals surface area contributed by atoms with E-state index in [1.807, 2.05) is 29.5 Å². The second-order valence-electron chi connectivity index (χ2n) is 4.46. The van der Waals surface area contributed by atoms with E-state index in [1.165, 1.54) is 6.07 Å². The maximum Gasteiger partial charge on any atom is 0.337 e. The fourth-order valence-electron chi connectivity index (χ4n) is 2.10. The van der Waals surface area contributed by atoms with Crippen LogP contribution in [0.25, 0.3) is 0 Å². The molecule has 1 heterocycles. The molecule has 5 nitrogen and oxygen atoms in total. The number of carboxylic acid groups (broad SMARTS) is 1. The number of halogens is 1. The first kappa shape index (κ1) is 14.3. The first-order valence-electron chi connectivity index (χ1n) is 5.94. The van der Waals surface area contributed by atoms with Crippen LogP contribution in [0.15, 0.2) is 18.2 Å². The number of aromatic carboxylic acids is 1. The van der Waals surface area contributed by atoms with Crippen LogP contribution in [0, 0.1) is 9.49 Å². The lowest BCUT2D eigenvalue weighted by atomic mass is 10.0. The highest BCUT2D eigenvalue weighted by Crippen LogP contribution is 2.24. The van der Waals surface area contributed by atoms with Crippen LogP contribution >= 0.6 is 22.6 Å². The molecule has 2 unspecified atom stereocenters. The quantitative estimate of drug-likeness (QED) is 0.796. The van der Waals surface area contributed by atoms with Gasteiger partial charge < -0.3 is 15.2 Å². The van der Waals surface area contributed by atoms with Crippen LogP contribution < -0.4 is 5.32 Å². The highest BCUT2D eigenvalue weighted by Gasteiger charge is 2.31. The topological polar surface area (TPSA) is 75.6 Å². The van der Waals surface area contributed by atoms with Crippen LogP contribution in [-0.4, -0.2) is 29.7 Å². The van der Waals surface area contributed by atoms with Crippen LogP contribution in [0.1, 0.15) is 23.7 Å². The van der Waals surface area contributed by atoms with Crippen LogP contribution in [0.4, 0.5) is 5.69 Å². The number of hydrogen-bond donors (Lipinski definition) is 2. The molecule has 1 saturated heterocycles. The molecular weight excluding hydrogens is 361 g/mol. The Morgan fingerprint density at radius 2 is 2.21 bits per heavy atom. The van der Waals surface area contributed by atoms with Gasteiger partial charge in [0, 0.05) is 10.2 Å². The van der Waals surface area contributed by atoms with E-state index in [-0.39, 0.29) is 23.5 Å². The summed E-state index contributed by atoms with van der Waals surface area (Å²) in [5, 5.41) is 11.8. The number of anilines is 1. The molecule has 1 aromatic carbocycles. The smallest absolute Gasteiger partial charge is 0.337 e. The van der Waals surface area contributed by atoms with Crippen molar-refractivity contribution in [3.8, 4) is 0 Å². The van der Waals surface area contributed by atoms with Gasteiger partial charge in [0.1, 0.15) is 0 Å². The minimum Gasteiger partial charge on any atom is -0.478 e. The Kier molecular flexibility index (Phi) is 4.41. The van der Waals surface area contributed by atoms with Crippen LogP contribution in [0.2, 0.25) is 0 Å². The second kappa shape index (κ2) is 5.87. The largest absolute Gasteiger partial charge is 0.478 e. The molecule has 1 aromatic rings. The van der Waals surface area contributed by atoms with Gasteiger partial charge in [0.05, 0.1) is 23.3 Å². The van der Waals surface area contributed by atoms with Crippen molar-refractivity contribution in [3.63, 3.8) is 0 Å². The van der Waals surface area contributed by atoms with E-state index in [0.717, 1.165) is 3.57 Å². The van der Waals surface area contributed by atoms with E-state index < -0.39 is 5.97 Å². The van der Waals surface area contributed by atoms with Crippen molar-refractivity contribution in [2.24, 2.45) is 5.92 Å². The molecule has 0 aromatic heterocycles. The Morgan fingerprint density at radius 1 is 1.47 bits per heavy atom. The molecule has 1 fully saturated rings. The third-order valence-corrected chi connectivity index (χ3v) is 3.85. The predicted octanol–water partition coefficient (Wildman–Crippen LogP) is 2.35. The zero-order chi connectivity index (χ0) is 14.0. The Hall–Kier alpha value is -1.15. The fraction of sp³-hybridized carbons (Fsp3) is 0.385. The molecule has 0 saturated carbocycles. The Morgan fingerprint density at radius 3 is 2.79 bits per heavy atom. The van der Waals surface area contributed by atoms with E-state index in [1.54, 1.807) is 12.1 Å². The van der Waals surface area contributed by atoms with Gasteiger partial charge in [-0.1, -0.05) is 0 Å². The molecule has 19 heavy (non-hydrogen) atoms. The van der Waals surface area contributed by atoms with Crippen LogP contribution in [-0.2, 0) is 9.53 Å². The van der Waals surface area contributed by atoms with Gasteiger partial charge in [-0.25, -0.2) is 4.79 Å². The van der Waals surface area contributed by atoms with Crippen molar-refractivity contribution >= 4 is 40.2 Å². The zero-order valence-corrected chi connectivity index (χ0v) is 12.5. The fourth-order valence-corrected chi connectivity index (χ4v) is 2.60. The molecule has 1 amide bonds. The number of carbonyl (C=O) groups is 2. The second-order valence-corrected chi connectivity index (χ2v) is 5.70. The monoisotopic (exact) mass is 375 g/mol. The van der Waals surface area contributed by atoms with Crippen molar-refractivity contribution in [1.82, 2.24) is 0 Å². The summed E-state index contributed by atoms with van der Waals surface area (Å²) in [5.74, 6) is -1.46. The van der Waals surface area contributed by atoms with Crippen LogP contribution in [0.5, 0.6) is 0 Å². The molecule has 0 bridgehead atoms. The lowest BCUT2D eigenvalue weighted by molar-refractivity contribution is -0.121. The van der Waals surface area contributed by atoms with Crippen molar-refractivity contribution in [1.29, 1.82) is 0 Å². The van der Waals surface area contributed by atoms with E-state index in [2.05, 4.69) is 5.32 Å². The van der Waals surface area contributed by atoms with Gasteiger partial charge in [-0.3, -0.25) is 4.79 Å². The van der Waals surface area contributed by atoms with E-state index in [0.29, 0.717) is 18.7 Å². The Balaban J connectivity index is 2.19. The highest BCUT2D eigenvalue weighted by atomic mass is 127. The van der Waals surface area contributed by atoms with Gasteiger partial charge in [0.15, 0.2) is 0 Å². The average molecular weight is 375 g/mol.